The molecule has 1 N–H and O–H groups in total. The van der Waals surface area contributed by atoms with E-state index in [0.717, 1.165) is 37.3 Å². The number of carbonyl (C=O) groups is 1. The van der Waals surface area contributed by atoms with Crippen LogP contribution in [0.5, 0.6) is 0 Å². The summed E-state index contributed by atoms with van der Waals surface area (Å²) in [7, 11) is 1.94. The van der Waals surface area contributed by atoms with Crippen molar-refractivity contribution in [3.8, 4) is 0 Å². The first kappa shape index (κ1) is 17.0. The van der Waals surface area contributed by atoms with Gasteiger partial charge in [-0.3, -0.25) is 9.48 Å². The zero-order valence-electron chi connectivity index (χ0n) is 13.9. The van der Waals surface area contributed by atoms with E-state index in [1.807, 2.05) is 18.7 Å². The van der Waals surface area contributed by atoms with Gasteiger partial charge in [0.05, 0.1) is 25.0 Å². The van der Waals surface area contributed by atoms with Crippen molar-refractivity contribution in [2.75, 3.05) is 26.4 Å². The van der Waals surface area contributed by atoms with Gasteiger partial charge in [-0.1, -0.05) is 0 Å². The lowest BCUT2D eigenvalue weighted by Gasteiger charge is -2.10. The van der Waals surface area contributed by atoms with Crippen LogP contribution >= 0.6 is 0 Å². The lowest BCUT2D eigenvalue weighted by molar-refractivity contribution is -0.122. The van der Waals surface area contributed by atoms with Gasteiger partial charge in [0, 0.05) is 32.3 Å². The van der Waals surface area contributed by atoms with Crippen molar-refractivity contribution in [1.29, 1.82) is 0 Å². The Hall–Kier alpha value is -1.40. The second kappa shape index (κ2) is 8.29. The van der Waals surface area contributed by atoms with E-state index in [-0.39, 0.29) is 12.0 Å². The van der Waals surface area contributed by atoms with Crippen LogP contribution in [0.15, 0.2) is 0 Å². The van der Waals surface area contributed by atoms with Crippen molar-refractivity contribution < 1.29 is 14.3 Å². The van der Waals surface area contributed by atoms with Gasteiger partial charge in [0.15, 0.2) is 0 Å². The fourth-order valence-corrected chi connectivity index (χ4v) is 2.75. The minimum atomic E-state index is 0.0338. The topological polar surface area (TPSA) is 65.4 Å². The minimum Gasteiger partial charge on any atom is -0.378 e. The number of nitrogens with zero attached hydrogens (tertiary/aromatic N) is 2. The Morgan fingerprint density at radius 3 is 2.95 bits per heavy atom. The maximum atomic E-state index is 11.8. The molecule has 1 aliphatic heterocycles. The van der Waals surface area contributed by atoms with Crippen LogP contribution in [0.25, 0.3) is 0 Å². The highest BCUT2D eigenvalue weighted by Crippen LogP contribution is 2.12. The molecule has 1 fully saturated rings. The maximum Gasteiger partial charge on any atom is 0.222 e. The molecule has 0 radical (unpaired) electrons. The van der Waals surface area contributed by atoms with Gasteiger partial charge in [-0.2, -0.15) is 5.10 Å². The third kappa shape index (κ3) is 4.81. The summed E-state index contributed by atoms with van der Waals surface area (Å²) in [6, 6.07) is 0. The predicted molar refractivity (Wildman–Crippen MR) is 83.8 cm³/mol. The van der Waals surface area contributed by atoms with Crippen molar-refractivity contribution in [3.63, 3.8) is 0 Å². The zero-order chi connectivity index (χ0) is 15.9. The van der Waals surface area contributed by atoms with Crippen LogP contribution in [0.2, 0.25) is 0 Å². The van der Waals surface area contributed by atoms with Crippen molar-refractivity contribution >= 4 is 5.91 Å². The fourth-order valence-electron chi connectivity index (χ4n) is 2.75. The van der Waals surface area contributed by atoms with Crippen molar-refractivity contribution in [1.82, 2.24) is 15.1 Å². The molecule has 0 saturated carbocycles. The molecule has 6 heteroatoms. The van der Waals surface area contributed by atoms with Gasteiger partial charge in [0.2, 0.25) is 5.91 Å². The molecule has 2 heterocycles. The second-order valence-corrected chi connectivity index (χ2v) is 5.83. The molecule has 0 bridgehead atoms. The molecule has 1 unspecified atom stereocenters. The second-order valence-electron chi connectivity index (χ2n) is 5.83. The Bertz CT molecular complexity index is 493. The average Bonchev–Trinajstić information content (AvgIpc) is 3.07. The smallest absolute Gasteiger partial charge is 0.222 e. The number of hydrogen-bond acceptors (Lipinski definition) is 4. The van der Waals surface area contributed by atoms with Gasteiger partial charge < -0.3 is 14.8 Å². The summed E-state index contributed by atoms with van der Waals surface area (Å²) in [6.07, 6.45) is 3.61. The number of amides is 1. The molecular formula is C16H27N3O3. The molecule has 0 spiro atoms. The summed E-state index contributed by atoms with van der Waals surface area (Å²) in [5.74, 6) is 0.0338. The molecule has 22 heavy (non-hydrogen) atoms. The Morgan fingerprint density at radius 2 is 2.32 bits per heavy atom. The summed E-state index contributed by atoms with van der Waals surface area (Å²) in [4.78, 5) is 11.8. The highest BCUT2D eigenvalue weighted by atomic mass is 16.5. The summed E-state index contributed by atoms with van der Waals surface area (Å²) in [6.45, 7) is 6.58. The Morgan fingerprint density at radius 1 is 1.50 bits per heavy atom. The van der Waals surface area contributed by atoms with E-state index in [1.165, 1.54) is 5.56 Å². The van der Waals surface area contributed by atoms with Gasteiger partial charge in [-0.15, -0.1) is 0 Å². The number of nitrogens with one attached hydrogen (secondary N) is 1. The van der Waals surface area contributed by atoms with Gasteiger partial charge in [-0.05, 0) is 38.7 Å². The van der Waals surface area contributed by atoms with Gasteiger partial charge in [0.25, 0.3) is 0 Å². The summed E-state index contributed by atoms with van der Waals surface area (Å²) in [5, 5.41) is 7.31. The Kier molecular flexibility index (Phi) is 6.39. The third-order valence-electron chi connectivity index (χ3n) is 4.16. The summed E-state index contributed by atoms with van der Waals surface area (Å²) in [5.41, 5.74) is 3.42. The van der Waals surface area contributed by atoms with Crippen molar-refractivity contribution in [2.45, 2.75) is 45.6 Å². The molecule has 1 aromatic rings. The van der Waals surface area contributed by atoms with E-state index < -0.39 is 0 Å². The molecule has 2 rings (SSSR count). The fraction of sp³-hybridized carbons (Fsp3) is 0.750. The van der Waals surface area contributed by atoms with E-state index in [9.17, 15) is 4.79 Å². The van der Waals surface area contributed by atoms with Crippen LogP contribution in [0, 0.1) is 13.8 Å². The molecule has 1 aromatic heterocycles. The van der Waals surface area contributed by atoms with Gasteiger partial charge in [-0.25, -0.2) is 0 Å². The first-order valence-corrected chi connectivity index (χ1v) is 8.03. The normalized spacial score (nSPS) is 17.9. The lowest BCUT2D eigenvalue weighted by Crippen LogP contribution is -2.27. The van der Waals surface area contributed by atoms with Crippen LogP contribution in [0.3, 0.4) is 0 Å². The Labute approximate surface area is 132 Å². The highest BCUT2D eigenvalue weighted by Gasteiger charge is 2.15. The summed E-state index contributed by atoms with van der Waals surface area (Å²) < 4.78 is 12.8. The van der Waals surface area contributed by atoms with Gasteiger partial charge in [0.1, 0.15) is 0 Å². The number of aryl methyl sites for hydroxylation is 2. The first-order chi connectivity index (χ1) is 10.6. The molecule has 0 aliphatic carbocycles. The predicted octanol–water partition coefficient (Wildman–Crippen LogP) is 1.28. The van der Waals surface area contributed by atoms with E-state index in [4.69, 9.17) is 9.47 Å². The SMILES string of the molecule is Cc1nn(C)c(C)c1CCNC(=O)CCOCC1CCCO1. The quantitative estimate of drug-likeness (QED) is 0.735. The molecule has 6 nitrogen and oxygen atoms in total. The molecule has 1 amide bonds. The summed E-state index contributed by atoms with van der Waals surface area (Å²) >= 11 is 0. The zero-order valence-corrected chi connectivity index (χ0v) is 13.9. The standard InChI is InChI=1S/C16H27N3O3/c1-12-15(13(2)19(3)18-12)6-8-17-16(20)7-10-21-11-14-5-4-9-22-14/h14H,4-11H2,1-3H3,(H,17,20). The van der Waals surface area contributed by atoms with Crippen LogP contribution in [0.1, 0.15) is 36.2 Å². The van der Waals surface area contributed by atoms with E-state index in [2.05, 4.69) is 17.3 Å². The van der Waals surface area contributed by atoms with E-state index >= 15 is 0 Å². The lowest BCUT2D eigenvalue weighted by atomic mass is 10.1. The molecule has 1 aliphatic rings. The van der Waals surface area contributed by atoms with E-state index in [0.29, 0.717) is 26.2 Å². The van der Waals surface area contributed by atoms with Crippen molar-refractivity contribution in [2.24, 2.45) is 7.05 Å². The van der Waals surface area contributed by atoms with E-state index in [1.54, 1.807) is 0 Å². The molecular weight excluding hydrogens is 282 g/mol. The molecule has 1 atom stereocenters. The number of aromatic nitrogens is 2. The van der Waals surface area contributed by atoms with Crippen LogP contribution in [-0.4, -0.2) is 48.2 Å². The van der Waals surface area contributed by atoms with Crippen LogP contribution in [-0.2, 0) is 27.7 Å². The first-order valence-electron chi connectivity index (χ1n) is 8.03. The number of ether oxygens (including phenoxy) is 2. The number of carbonyl (C=O) groups excluding carboxylic acids is 1. The molecule has 0 aromatic carbocycles. The number of hydrogen-bond donors (Lipinski definition) is 1. The maximum absolute atomic E-state index is 11.8. The monoisotopic (exact) mass is 309 g/mol. The third-order valence-corrected chi connectivity index (χ3v) is 4.16. The molecule has 124 valence electrons. The highest BCUT2D eigenvalue weighted by molar-refractivity contribution is 5.75. The van der Waals surface area contributed by atoms with Gasteiger partial charge >= 0.3 is 0 Å². The minimum absolute atomic E-state index is 0.0338. The van der Waals surface area contributed by atoms with Crippen molar-refractivity contribution in [3.05, 3.63) is 17.0 Å². The average molecular weight is 309 g/mol. The van der Waals surface area contributed by atoms with Crippen LogP contribution < -0.4 is 5.32 Å². The number of rotatable bonds is 8. The van der Waals surface area contributed by atoms with Crippen LogP contribution in [0.4, 0.5) is 0 Å². The largest absolute Gasteiger partial charge is 0.378 e. The molecule has 1 saturated heterocycles. The Balaban J connectivity index is 1.57.